The standard InChI is InChI=1S/C24H26N4O3/c1-15-10-17(11-22(29)24(15,2)31)18-8-9-25-13-20(18)28-23(30)21-14-26-12-19(27-21)16-6-4-3-5-7-16/h3-9,12-15,17,22,29,31H,10-11H2,1-2H3,(H,28,30)/t15-,17-,22+,24+/m0/s1. The number of aromatic nitrogens is 3. The number of carbonyl (C=O) groups excluding carboxylic acids is 1. The molecule has 0 aliphatic heterocycles. The number of benzene rings is 1. The van der Waals surface area contributed by atoms with Crippen LogP contribution in [0.1, 0.15) is 48.7 Å². The zero-order valence-electron chi connectivity index (χ0n) is 17.6. The number of aliphatic hydroxyl groups excluding tert-OH is 1. The summed E-state index contributed by atoms with van der Waals surface area (Å²) in [5.41, 5.74) is 2.04. The van der Waals surface area contributed by atoms with Gasteiger partial charge in [0.15, 0.2) is 0 Å². The maximum absolute atomic E-state index is 12.9. The summed E-state index contributed by atoms with van der Waals surface area (Å²) in [5.74, 6) is -0.479. The predicted octanol–water partition coefficient (Wildman–Crippen LogP) is 3.42. The Morgan fingerprint density at radius 1 is 1.10 bits per heavy atom. The van der Waals surface area contributed by atoms with Crippen molar-refractivity contribution in [3.8, 4) is 11.3 Å². The second kappa shape index (κ2) is 8.53. The van der Waals surface area contributed by atoms with Gasteiger partial charge < -0.3 is 15.5 Å². The van der Waals surface area contributed by atoms with Gasteiger partial charge in [0.05, 0.1) is 41.7 Å². The number of nitrogens with one attached hydrogen (secondary N) is 1. The minimum atomic E-state index is -1.12. The second-order valence-electron chi connectivity index (χ2n) is 8.38. The summed E-state index contributed by atoms with van der Waals surface area (Å²) in [6.07, 6.45) is 6.59. The molecule has 31 heavy (non-hydrogen) atoms. The fraction of sp³-hybridized carbons (Fsp3) is 0.333. The molecule has 1 aliphatic carbocycles. The van der Waals surface area contributed by atoms with Gasteiger partial charge in [-0.15, -0.1) is 0 Å². The number of anilines is 1. The Labute approximate surface area is 181 Å². The quantitative estimate of drug-likeness (QED) is 0.599. The Balaban J connectivity index is 1.57. The normalized spacial score (nSPS) is 25.7. The Bertz CT molecular complexity index is 1060. The molecule has 7 heteroatoms. The molecule has 1 amide bonds. The van der Waals surface area contributed by atoms with Gasteiger partial charge in [-0.2, -0.15) is 0 Å². The van der Waals surface area contributed by atoms with Crippen LogP contribution in [0.25, 0.3) is 11.3 Å². The second-order valence-corrected chi connectivity index (χ2v) is 8.38. The van der Waals surface area contributed by atoms with Gasteiger partial charge in [0.1, 0.15) is 5.69 Å². The van der Waals surface area contributed by atoms with Gasteiger partial charge in [-0.3, -0.25) is 14.8 Å². The first kappa shape index (κ1) is 21.1. The van der Waals surface area contributed by atoms with Crippen molar-refractivity contribution >= 4 is 11.6 Å². The van der Waals surface area contributed by atoms with Crippen molar-refractivity contribution in [3.63, 3.8) is 0 Å². The topological polar surface area (TPSA) is 108 Å². The molecule has 7 nitrogen and oxygen atoms in total. The molecule has 160 valence electrons. The first-order valence-electron chi connectivity index (χ1n) is 10.4. The summed E-state index contributed by atoms with van der Waals surface area (Å²) in [6, 6.07) is 11.4. The maximum atomic E-state index is 12.9. The van der Waals surface area contributed by atoms with E-state index in [0.29, 0.717) is 24.2 Å². The van der Waals surface area contributed by atoms with E-state index in [1.54, 1.807) is 25.5 Å². The lowest BCUT2D eigenvalue weighted by Gasteiger charge is -2.43. The van der Waals surface area contributed by atoms with Gasteiger partial charge in [0, 0.05) is 11.8 Å². The highest BCUT2D eigenvalue weighted by Crippen LogP contribution is 2.43. The molecule has 4 rings (SSSR count). The molecule has 1 fully saturated rings. The van der Waals surface area contributed by atoms with Gasteiger partial charge in [0.2, 0.25) is 0 Å². The molecule has 1 aliphatic rings. The summed E-state index contributed by atoms with van der Waals surface area (Å²) in [4.78, 5) is 25.7. The molecular weight excluding hydrogens is 392 g/mol. The minimum Gasteiger partial charge on any atom is -0.390 e. The Hall–Kier alpha value is -3.16. The molecule has 0 bridgehead atoms. The number of nitrogens with zero attached hydrogens (tertiary/aromatic N) is 3. The van der Waals surface area contributed by atoms with Crippen molar-refractivity contribution < 1.29 is 15.0 Å². The van der Waals surface area contributed by atoms with Crippen molar-refractivity contribution in [3.05, 3.63) is 72.4 Å². The molecule has 4 atom stereocenters. The van der Waals surface area contributed by atoms with Crippen LogP contribution in [-0.4, -0.2) is 42.8 Å². The Morgan fingerprint density at radius 3 is 2.61 bits per heavy atom. The third-order valence-corrected chi connectivity index (χ3v) is 6.30. The first-order valence-corrected chi connectivity index (χ1v) is 10.4. The van der Waals surface area contributed by atoms with E-state index in [1.807, 2.05) is 43.3 Å². The Morgan fingerprint density at radius 2 is 1.87 bits per heavy atom. The number of hydrogen-bond acceptors (Lipinski definition) is 6. The zero-order chi connectivity index (χ0) is 22.0. The highest BCUT2D eigenvalue weighted by Gasteiger charge is 2.43. The lowest BCUT2D eigenvalue weighted by Crippen LogP contribution is -2.49. The number of aliphatic hydroxyl groups is 2. The molecule has 0 unspecified atom stereocenters. The van der Waals surface area contributed by atoms with Crippen LogP contribution in [0.5, 0.6) is 0 Å². The van der Waals surface area contributed by atoms with Crippen LogP contribution in [0, 0.1) is 5.92 Å². The highest BCUT2D eigenvalue weighted by molar-refractivity contribution is 6.03. The van der Waals surface area contributed by atoms with Crippen LogP contribution < -0.4 is 5.32 Å². The minimum absolute atomic E-state index is 0.00902. The van der Waals surface area contributed by atoms with E-state index in [4.69, 9.17) is 0 Å². The van der Waals surface area contributed by atoms with Gasteiger partial charge in [-0.1, -0.05) is 37.3 Å². The number of carbonyl (C=O) groups is 1. The van der Waals surface area contributed by atoms with Gasteiger partial charge in [0.25, 0.3) is 5.91 Å². The first-order chi connectivity index (χ1) is 14.9. The summed E-state index contributed by atoms with van der Waals surface area (Å²) >= 11 is 0. The maximum Gasteiger partial charge on any atom is 0.275 e. The van der Waals surface area contributed by atoms with Crippen LogP contribution in [0.15, 0.2) is 61.2 Å². The molecule has 1 saturated carbocycles. The van der Waals surface area contributed by atoms with Crippen LogP contribution >= 0.6 is 0 Å². The number of amides is 1. The highest BCUT2D eigenvalue weighted by atomic mass is 16.3. The van der Waals surface area contributed by atoms with E-state index in [2.05, 4.69) is 20.3 Å². The van der Waals surface area contributed by atoms with Crippen LogP contribution in [0.2, 0.25) is 0 Å². The smallest absolute Gasteiger partial charge is 0.275 e. The predicted molar refractivity (Wildman–Crippen MR) is 117 cm³/mol. The summed E-state index contributed by atoms with van der Waals surface area (Å²) in [5, 5.41) is 23.9. The largest absolute Gasteiger partial charge is 0.390 e. The fourth-order valence-electron chi connectivity index (χ4n) is 4.13. The number of pyridine rings is 1. The van der Waals surface area contributed by atoms with E-state index in [-0.39, 0.29) is 23.4 Å². The lowest BCUT2D eigenvalue weighted by atomic mass is 9.69. The summed E-state index contributed by atoms with van der Waals surface area (Å²) in [6.45, 7) is 3.60. The van der Waals surface area contributed by atoms with Crippen LogP contribution in [-0.2, 0) is 0 Å². The summed E-state index contributed by atoms with van der Waals surface area (Å²) in [7, 11) is 0. The van der Waals surface area contributed by atoms with Gasteiger partial charge in [-0.25, -0.2) is 4.98 Å². The van der Waals surface area contributed by atoms with Crippen molar-refractivity contribution in [2.24, 2.45) is 5.92 Å². The Kier molecular flexibility index (Phi) is 5.80. The monoisotopic (exact) mass is 418 g/mol. The molecule has 0 spiro atoms. The molecule has 2 aromatic heterocycles. The van der Waals surface area contributed by atoms with E-state index in [1.165, 1.54) is 6.20 Å². The van der Waals surface area contributed by atoms with E-state index in [9.17, 15) is 15.0 Å². The van der Waals surface area contributed by atoms with E-state index in [0.717, 1.165) is 11.1 Å². The van der Waals surface area contributed by atoms with Crippen LogP contribution in [0.3, 0.4) is 0 Å². The molecular formula is C24H26N4O3. The molecule has 0 saturated heterocycles. The zero-order valence-corrected chi connectivity index (χ0v) is 17.6. The molecule has 2 heterocycles. The van der Waals surface area contributed by atoms with Crippen molar-refractivity contribution in [1.82, 2.24) is 15.0 Å². The molecule has 3 aromatic rings. The SMILES string of the molecule is C[C@H]1C[C@H](c2ccncc2NC(=O)c2cncc(-c3ccccc3)n2)C[C@@H](O)[C@]1(C)O. The third-order valence-electron chi connectivity index (χ3n) is 6.30. The van der Waals surface area contributed by atoms with E-state index >= 15 is 0 Å². The average molecular weight is 418 g/mol. The molecule has 1 aromatic carbocycles. The van der Waals surface area contributed by atoms with Gasteiger partial charge >= 0.3 is 0 Å². The lowest BCUT2D eigenvalue weighted by molar-refractivity contribution is -0.123. The van der Waals surface area contributed by atoms with Crippen molar-refractivity contribution in [2.45, 2.75) is 44.3 Å². The van der Waals surface area contributed by atoms with Crippen molar-refractivity contribution in [1.29, 1.82) is 0 Å². The molecule has 0 radical (unpaired) electrons. The average Bonchev–Trinajstić information content (AvgIpc) is 2.78. The molecule has 3 N–H and O–H groups in total. The van der Waals surface area contributed by atoms with Gasteiger partial charge in [-0.05, 0) is 43.2 Å². The van der Waals surface area contributed by atoms with E-state index < -0.39 is 11.7 Å². The summed E-state index contributed by atoms with van der Waals surface area (Å²) < 4.78 is 0. The van der Waals surface area contributed by atoms with Crippen LogP contribution in [0.4, 0.5) is 5.69 Å². The van der Waals surface area contributed by atoms with Crippen molar-refractivity contribution in [2.75, 3.05) is 5.32 Å². The number of hydrogen-bond donors (Lipinski definition) is 3. The number of rotatable bonds is 4. The fourth-order valence-corrected chi connectivity index (χ4v) is 4.13. The third kappa shape index (κ3) is 4.33.